The molecule has 3 aromatic carbocycles. The average Bonchev–Trinajstić information content (AvgIpc) is 2.75. The standard InChI is InChI=1S/C24H19ClFN3O2S/c1-14-7-10-21(15(2)11-14)29-23(31)17-5-3-4-6-19(17)28-24(29)32-13-22(30)27-20-9-8-16(25)12-18(20)26/h3-12H,13H2,1-2H3,(H,27,30). The summed E-state index contributed by atoms with van der Waals surface area (Å²) in [6.45, 7) is 3.91. The van der Waals surface area contributed by atoms with E-state index in [0.29, 0.717) is 21.7 Å². The monoisotopic (exact) mass is 467 g/mol. The van der Waals surface area contributed by atoms with Gasteiger partial charge in [-0.2, -0.15) is 0 Å². The van der Waals surface area contributed by atoms with Gasteiger partial charge in [-0.25, -0.2) is 9.37 Å². The van der Waals surface area contributed by atoms with Crippen molar-refractivity contribution in [3.8, 4) is 5.69 Å². The molecule has 4 rings (SSSR count). The summed E-state index contributed by atoms with van der Waals surface area (Å²) in [5, 5.41) is 3.64. The highest BCUT2D eigenvalue weighted by Gasteiger charge is 2.17. The molecule has 0 unspecified atom stereocenters. The van der Waals surface area contributed by atoms with Crippen molar-refractivity contribution in [2.75, 3.05) is 11.1 Å². The molecule has 0 atom stereocenters. The third-order valence-electron chi connectivity index (χ3n) is 4.88. The highest BCUT2D eigenvalue weighted by Crippen LogP contribution is 2.25. The summed E-state index contributed by atoms with van der Waals surface area (Å²) < 4.78 is 15.5. The van der Waals surface area contributed by atoms with Gasteiger partial charge in [0, 0.05) is 5.02 Å². The number of benzene rings is 3. The van der Waals surface area contributed by atoms with Crippen LogP contribution < -0.4 is 10.9 Å². The van der Waals surface area contributed by atoms with Crippen LogP contribution in [0.15, 0.2) is 70.6 Å². The number of hydrogen-bond donors (Lipinski definition) is 1. The number of carbonyl (C=O) groups excluding carboxylic acids is 1. The number of thioether (sulfide) groups is 1. The van der Waals surface area contributed by atoms with Gasteiger partial charge >= 0.3 is 0 Å². The van der Waals surface area contributed by atoms with Gasteiger partial charge < -0.3 is 5.32 Å². The topological polar surface area (TPSA) is 64.0 Å². The summed E-state index contributed by atoms with van der Waals surface area (Å²) in [4.78, 5) is 30.5. The second-order valence-electron chi connectivity index (χ2n) is 7.30. The average molecular weight is 468 g/mol. The molecular weight excluding hydrogens is 449 g/mol. The Balaban J connectivity index is 1.69. The van der Waals surface area contributed by atoms with Gasteiger partial charge in [0.05, 0.1) is 28.0 Å². The Bertz CT molecular complexity index is 1400. The summed E-state index contributed by atoms with van der Waals surface area (Å²) in [6.07, 6.45) is 0. The maximum absolute atomic E-state index is 14.0. The number of rotatable bonds is 5. The number of nitrogens with one attached hydrogen (secondary N) is 1. The fourth-order valence-electron chi connectivity index (χ4n) is 3.39. The molecule has 1 aromatic heterocycles. The number of aromatic nitrogens is 2. The number of halogens is 2. The van der Waals surface area contributed by atoms with Gasteiger partial charge in [0.25, 0.3) is 5.56 Å². The van der Waals surface area contributed by atoms with Gasteiger partial charge in [-0.3, -0.25) is 14.2 Å². The van der Waals surface area contributed by atoms with Crippen molar-refractivity contribution in [1.29, 1.82) is 0 Å². The highest BCUT2D eigenvalue weighted by molar-refractivity contribution is 7.99. The van der Waals surface area contributed by atoms with Gasteiger partial charge in [0.15, 0.2) is 5.16 Å². The Morgan fingerprint density at radius 1 is 1.12 bits per heavy atom. The zero-order valence-electron chi connectivity index (χ0n) is 17.4. The molecule has 1 heterocycles. The van der Waals surface area contributed by atoms with E-state index in [1.54, 1.807) is 24.3 Å². The van der Waals surface area contributed by atoms with Crippen LogP contribution >= 0.6 is 23.4 Å². The Morgan fingerprint density at radius 3 is 2.66 bits per heavy atom. The van der Waals surface area contributed by atoms with Crippen LogP contribution in [0.25, 0.3) is 16.6 Å². The lowest BCUT2D eigenvalue weighted by molar-refractivity contribution is -0.113. The van der Waals surface area contributed by atoms with Crippen LogP contribution in [0.1, 0.15) is 11.1 Å². The number of nitrogens with zero attached hydrogens (tertiary/aromatic N) is 2. The first-order chi connectivity index (χ1) is 15.3. The molecule has 0 aliphatic heterocycles. The van der Waals surface area contributed by atoms with Crippen LogP contribution in [0.2, 0.25) is 5.02 Å². The van der Waals surface area contributed by atoms with E-state index in [0.717, 1.165) is 29.0 Å². The van der Waals surface area contributed by atoms with E-state index in [4.69, 9.17) is 11.6 Å². The van der Waals surface area contributed by atoms with Crippen LogP contribution in [0.3, 0.4) is 0 Å². The van der Waals surface area contributed by atoms with Gasteiger partial charge in [-0.1, -0.05) is 53.2 Å². The minimum atomic E-state index is -0.619. The lowest BCUT2D eigenvalue weighted by atomic mass is 10.1. The molecule has 5 nitrogen and oxygen atoms in total. The molecule has 0 aliphatic carbocycles. The van der Waals surface area contributed by atoms with Crippen molar-refractivity contribution >= 4 is 45.9 Å². The third kappa shape index (κ3) is 4.54. The van der Waals surface area contributed by atoms with E-state index in [1.807, 2.05) is 32.0 Å². The maximum atomic E-state index is 14.0. The molecule has 0 saturated carbocycles. The van der Waals surface area contributed by atoms with Crippen molar-refractivity contribution < 1.29 is 9.18 Å². The Hall–Kier alpha value is -3.16. The first-order valence-electron chi connectivity index (χ1n) is 9.80. The molecule has 1 amide bonds. The summed E-state index contributed by atoms with van der Waals surface area (Å²) in [5.74, 6) is -1.10. The van der Waals surface area contributed by atoms with Crippen LogP contribution in [-0.4, -0.2) is 21.2 Å². The zero-order valence-corrected chi connectivity index (χ0v) is 18.9. The SMILES string of the molecule is Cc1ccc(-n2c(SCC(=O)Nc3ccc(Cl)cc3F)nc3ccccc3c2=O)c(C)c1. The van der Waals surface area contributed by atoms with Crippen molar-refractivity contribution in [3.63, 3.8) is 0 Å². The van der Waals surface area contributed by atoms with Gasteiger partial charge in [-0.15, -0.1) is 0 Å². The predicted octanol–water partition coefficient (Wildman–Crippen LogP) is 5.53. The van der Waals surface area contributed by atoms with E-state index in [2.05, 4.69) is 10.3 Å². The highest BCUT2D eigenvalue weighted by atomic mass is 35.5. The number of aryl methyl sites for hydroxylation is 2. The smallest absolute Gasteiger partial charge is 0.266 e. The van der Waals surface area contributed by atoms with Crippen molar-refractivity contribution in [2.24, 2.45) is 0 Å². The molecule has 0 radical (unpaired) electrons. The number of hydrogen-bond acceptors (Lipinski definition) is 4. The number of amides is 1. The lowest BCUT2D eigenvalue weighted by Gasteiger charge is -2.15. The van der Waals surface area contributed by atoms with Crippen LogP contribution in [0.4, 0.5) is 10.1 Å². The molecule has 8 heteroatoms. The second kappa shape index (κ2) is 9.14. The van der Waals surface area contributed by atoms with Gasteiger partial charge in [-0.05, 0) is 55.8 Å². The molecule has 162 valence electrons. The Morgan fingerprint density at radius 2 is 1.91 bits per heavy atom. The summed E-state index contributed by atoms with van der Waals surface area (Å²) >= 11 is 6.87. The Labute approximate surface area is 193 Å². The van der Waals surface area contributed by atoms with Crippen LogP contribution in [0.5, 0.6) is 0 Å². The second-order valence-corrected chi connectivity index (χ2v) is 8.68. The molecule has 0 aliphatic rings. The molecule has 0 spiro atoms. The van der Waals surface area contributed by atoms with Gasteiger partial charge in [0.1, 0.15) is 5.82 Å². The Kier molecular flexibility index (Phi) is 6.30. The van der Waals surface area contributed by atoms with Crippen LogP contribution in [-0.2, 0) is 4.79 Å². The number of para-hydroxylation sites is 1. The summed E-state index contributed by atoms with van der Waals surface area (Å²) in [7, 11) is 0. The zero-order chi connectivity index (χ0) is 22.8. The van der Waals surface area contributed by atoms with E-state index in [-0.39, 0.29) is 22.0 Å². The lowest BCUT2D eigenvalue weighted by Crippen LogP contribution is -2.23. The third-order valence-corrected chi connectivity index (χ3v) is 6.05. The normalized spacial score (nSPS) is 11.0. The molecule has 0 bridgehead atoms. The van der Waals surface area contributed by atoms with E-state index >= 15 is 0 Å². The summed E-state index contributed by atoms with van der Waals surface area (Å²) in [5.41, 5.74) is 3.06. The van der Waals surface area contributed by atoms with E-state index in [9.17, 15) is 14.0 Å². The van der Waals surface area contributed by atoms with Crippen LogP contribution in [0, 0.1) is 19.7 Å². The van der Waals surface area contributed by atoms with Crippen molar-refractivity contribution in [3.05, 3.63) is 93.0 Å². The number of carbonyl (C=O) groups is 1. The maximum Gasteiger partial charge on any atom is 0.266 e. The molecule has 32 heavy (non-hydrogen) atoms. The molecule has 0 saturated heterocycles. The first kappa shape index (κ1) is 22.0. The number of fused-ring (bicyclic) bond motifs is 1. The molecular formula is C24H19ClFN3O2S. The minimum Gasteiger partial charge on any atom is -0.323 e. The summed E-state index contributed by atoms with van der Waals surface area (Å²) in [6, 6.07) is 16.9. The van der Waals surface area contributed by atoms with Gasteiger partial charge in [0.2, 0.25) is 5.91 Å². The number of anilines is 1. The van der Waals surface area contributed by atoms with E-state index < -0.39 is 11.7 Å². The fourth-order valence-corrected chi connectivity index (χ4v) is 4.35. The quantitative estimate of drug-likeness (QED) is 0.310. The van der Waals surface area contributed by atoms with Crippen molar-refractivity contribution in [2.45, 2.75) is 19.0 Å². The largest absolute Gasteiger partial charge is 0.323 e. The first-order valence-corrected chi connectivity index (χ1v) is 11.2. The van der Waals surface area contributed by atoms with Crippen molar-refractivity contribution in [1.82, 2.24) is 9.55 Å². The predicted molar refractivity (Wildman–Crippen MR) is 128 cm³/mol. The van der Waals surface area contributed by atoms with E-state index in [1.165, 1.54) is 16.7 Å². The molecule has 0 fully saturated rings. The fraction of sp³-hybridized carbons (Fsp3) is 0.125. The molecule has 4 aromatic rings. The molecule has 1 N–H and O–H groups in total. The minimum absolute atomic E-state index is 0.0400.